The maximum atomic E-state index is 10.7. The first-order valence-corrected chi connectivity index (χ1v) is 1.30. The normalized spacial score (nSPS) is 6.75. The maximum absolute atomic E-state index is 10.7. The van der Waals surface area contributed by atoms with Crippen molar-refractivity contribution in [3.05, 3.63) is 0 Å². The van der Waals surface area contributed by atoms with E-state index in [1.54, 1.807) is 0 Å². The number of halogens is 1. The molecular formula is CFLiS. The van der Waals surface area contributed by atoms with Crippen LogP contribution in [-0.4, -0.2) is 21.5 Å². The Hall–Kier alpha value is 0.617. The van der Waals surface area contributed by atoms with Crippen LogP contribution in [-0.2, 0) is 0 Å². The zero-order valence-corrected chi connectivity index (χ0v) is 3.10. The molecular weight excluding hydrogens is 70.0 g/mol. The van der Waals surface area contributed by atoms with Gasteiger partial charge in [0.05, 0.1) is 0 Å². The Kier molecular flexibility index (Phi) is 2.19. The average Bonchev–Trinajstić information content (AvgIpc) is 0.811. The molecule has 0 nitrogen and oxygen atoms in total. The molecule has 0 rings (SSSR count). The molecule has 0 aliphatic carbocycles. The summed E-state index contributed by atoms with van der Waals surface area (Å²) in [5.41, 5.74) is 0. The van der Waals surface area contributed by atoms with E-state index in [-0.39, 0.29) is 0 Å². The monoisotopic (exact) mass is 70.0 g/mol. The molecule has 0 saturated carbocycles. The van der Waals surface area contributed by atoms with Crippen LogP contribution in [0, 0.1) is 0 Å². The molecule has 0 aliphatic heterocycles. The van der Waals surface area contributed by atoms with Crippen LogP contribution < -0.4 is 0 Å². The molecule has 0 spiro atoms. The van der Waals surface area contributed by atoms with Crippen molar-refractivity contribution >= 4 is 33.7 Å². The zero-order chi connectivity index (χ0) is 3.58. The Labute approximate surface area is 38.6 Å². The fraction of sp³-hybridized carbons (Fsp3) is 0. The Morgan fingerprint density at radius 1 is 2.00 bits per heavy atom. The van der Waals surface area contributed by atoms with Crippen molar-refractivity contribution in [2.24, 2.45) is 0 Å². The quantitative estimate of drug-likeness (QED) is 0.226. The molecule has 0 radical (unpaired) electrons. The van der Waals surface area contributed by atoms with Gasteiger partial charge in [0.1, 0.15) is 0 Å². The second kappa shape index (κ2) is 1.89. The summed E-state index contributed by atoms with van der Waals surface area (Å²) >= 11 is 5.10. The number of rotatable bonds is 0. The minimum absolute atomic E-state index is 0.500. The predicted octanol–water partition coefficient (Wildman–Crippen LogP) is 0.409. The summed E-state index contributed by atoms with van der Waals surface area (Å²) in [4.78, 5) is 0. The van der Waals surface area contributed by atoms with Crippen LogP contribution >= 0.6 is 12.2 Å². The zero-order valence-electron chi connectivity index (χ0n) is 2.29. The van der Waals surface area contributed by atoms with Crippen molar-refractivity contribution in [1.29, 1.82) is 0 Å². The van der Waals surface area contributed by atoms with E-state index in [2.05, 4.69) is 12.2 Å². The molecule has 0 saturated heterocycles. The molecule has 0 bridgehead atoms. The molecule has 0 aliphatic rings. The van der Waals surface area contributed by atoms with E-state index in [9.17, 15) is 4.39 Å². The van der Waals surface area contributed by atoms with E-state index in [1.807, 2.05) is 0 Å². The fourth-order valence-electron chi connectivity index (χ4n) is 0. The summed E-state index contributed by atoms with van der Waals surface area (Å²) < 4.78 is 10.2. The van der Waals surface area contributed by atoms with Gasteiger partial charge in [-0.3, -0.25) is 0 Å². The summed E-state index contributed by atoms with van der Waals surface area (Å²) in [5, 5.41) is 0. The molecule has 0 heterocycles. The summed E-state index contributed by atoms with van der Waals surface area (Å²) in [5.74, 6) is 0. The van der Waals surface area contributed by atoms with Crippen LogP contribution in [0.25, 0.3) is 0 Å². The topological polar surface area (TPSA) is 0 Å². The van der Waals surface area contributed by atoms with Crippen LogP contribution in [0.5, 0.6) is 0 Å². The van der Waals surface area contributed by atoms with Crippen molar-refractivity contribution in [2.75, 3.05) is 0 Å². The van der Waals surface area contributed by atoms with Gasteiger partial charge in [0.15, 0.2) is 0 Å². The van der Waals surface area contributed by atoms with Gasteiger partial charge < -0.3 is 0 Å². The molecule has 0 amide bonds. The van der Waals surface area contributed by atoms with Gasteiger partial charge in [-0.15, -0.1) is 0 Å². The van der Waals surface area contributed by atoms with Crippen molar-refractivity contribution in [3.8, 4) is 0 Å². The Morgan fingerprint density at radius 3 is 2.00 bits per heavy atom. The van der Waals surface area contributed by atoms with E-state index < -0.39 is 3.79 Å². The molecule has 0 N–H and O–H groups in total. The second-order valence-electron chi connectivity index (χ2n) is 0.470. The molecule has 3 heteroatoms. The van der Waals surface area contributed by atoms with Crippen LogP contribution in [0.4, 0.5) is 4.39 Å². The van der Waals surface area contributed by atoms with E-state index in [0.29, 0.717) is 0 Å². The molecule has 0 aromatic carbocycles. The summed E-state index contributed by atoms with van der Waals surface area (Å²) in [6, 6.07) is 0. The van der Waals surface area contributed by atoms with Gasteiger partial charge in [-0.05, 0) is 0 Å². The summed E-state index contributed by atoms with van der Waals surface area (Å²) in [6.07, 6.45) is 0. The van der Waals surface area contributed by atoms with E-state index >= 15 is 0 Å². The van der Waals surface area contributed by atoms with Gasteiger partial charge >= 0.3 is 38.1 Å². The predicted molar refractivity (Wildman–Crippen MR) is 19.5 cm³/mol. The standard InChI is InChI=1S/CFS.Li/c2-1-3;. The fourth-order valence-corrected chi connectivity index (χ4v) is 0. The van der Waals surface area contributed by atoms with Gasteiger partial charge in [-0.1, -0.05) is 0 Å². The van der Waals surface area contributed by atoms with Crippen LogP contribution in [0.1, 0.15) is 0 Å². The summed E-state index contributed by atoms with van der Waals surface area (Å²) in [7, 11) is 0. The third-order valence-corrected chi connectivity index (χ3v) is 0. The number of hydrogen-bond acceptors (Lipinski definition) is 1. The van der Waals surface area contributed by atoms with Gasteiger partial charge in [0, 0.05) is 0 Å². The van der Waals surface area contributed by atoms with Crippen LogP contribution in [0.2, 0.25) is 0 Å². The summed E-state index contributed by atoms with van der Waals surface area (Å²) in [6.45, 7) is 0. The average molecular weight is 70.0 g/mol. The third kappa shape index (κ3) is 18.0. The van der Waals surface area contributed by atoms with Crippen molar-refractivity contribution < 1.29 is 4.39 Å². The third-order valence-electron chi connectivity index (χ3n) is 0. The minimum atomic E-state index is -0.500. The molecule has 0 atom stereocenters. The Bertz CT molecular complexity index is 31.0. The van der Waals surface area contributed by atoms with Crippen molar-refractivity contribution in [3.63, 3.8) is 0 Å². The van der Waals surface area contributed by atoms with Crippen molar-refractivity contribution in [1.82, 2.24) is 0 Å². The molecule has 0 fully saturated rings. The first-order valence-electron chi connectivity index (χ1n) is 0.893. The van der Waals surface area contributed by atoms with E-state index in [4.69, 9.17) is 0 Å². The van der Waals surface area contributed by atoms with Gasteiger partial charge in [0.2, 0.25) is 0 Å². The second-order valence-corrected chi connectivity index (χ2v) is 1.03. The molecule has 18 valence electrons. The molecule has 4 heavy (non-hydrogen) atoms. The van der Waals surface area contributed by atoms with Crippen LogP contribution in [0.15, 0.2) is 0 Å². The van der Waals surface area contributed by atoms with E-state index in [1.165, 1.54) is 17.7 Å². The SMILES string of the molecule is [Li][C](F)=S. The van der Waals surface area contributed by atoms with Crippen LogP contribution in [0.3, 0.4) is 0 Å². The van der Waals surface area contributed by atoms with Gasteiger partial charge in [-0.25, -0.2) is 0 Å². The van der Waals surface area contributed by atoms with Gasteiger partial charge in [-0.2, -0.15) is 0 Å². The number of thiocarbonyl (C=S) groups is 1. The molecule has 0 unspecified atom stereocenters. The van der Waals surface area contributed by atoms with Gasteiger partial charge in [0.25, 0.3) is 0 Å². The van der Waals surface area contributed by atoms with E-state index in [0.717, 1.165) is 0 Å². The number of hydrogen-bond donors (Lipinski definition) is 0. The van der Waals surface area contributed by atoms with Crippen molar-refractivity contribution in [2.45, 2.75) is 0 Å². The first kappa shape index (κ1) is 4.62. The molecule has 0 aromatic rings. The Morgan fingerprint density at radius 2 is 2.00 bits per heavy atom. The first-order chi connectivity index (χ1) is 1.73. The Balaban J connectivity index is 2.80. The molecule has 0 aromatic heterocycles.